The Bertz CT molecular complexity index is 355. The molecule has 1 aliphatic heterocycles. The van der Waals surface area contributed by atoms with Crippen LogP contribution in [0.1, 0.15) is 18.4 Å². The average Bonchev–Trinajstić information content (AvgIpc) is 2.28. The van der Waals surface area contributed by atoms with Crippen LogP contribution in [0, 0.1) is 17.6 Å². The van der Waals surface area contributed by atoms with Crippen LogP contribution in [0.4, 0.5) is 8.78 Å². The zero-order chi connectivity index (χ0) is 12.3. The van der Waals surface area contributed by atoms with Gasteiger partial charge in [-0.2, -0.15) is 0 Å². The van der Waals surface area contributed by atoms with Gasteiger partial charge in [-0.3, -0.25) is 4.90 Å². The maximum atomic E-state index is 13.0. The number of likely N-dealkylation sites (tertiary alicyclic amines) is 1. The number of piperidine rings is 1. The molecule has 94 valence electrons. The van der Waals surface area contributed by atoms with Gasteiger partial charge in [0.25, 0.3) is 0 Å². The van der Waals surface area contributed by atoms with Crippen molar-refractivity contribution in [3.63, 3.8) is 0 Å². The van der Waals surface area contributed by atoms with Crippen LogP contribution in [0.25, 0.3) is 0 Å². The van der Waals surface area contributed by atoms with Crippen molar-refractivity contribution in [2.75, 3.05) is 19.0 Å². The number of hydrogen-bond donors (Lipinski definition) is 0. The molecule has 0 radical (unpaired) electrons. The Morgan fingerprint density at radius 2 is 1.71 bits per heavy atom. The molecule has 1 aliphatic rings. The third-order valence-electron chi connectivity index (χ3n) is 3.25. The molecule has 1 saturated heterocycles. The maximum absolute atomic E-state index is 13.0. The normalized spacial score (nSPS) is 18.5. The van der Waals surface area contributed by atoms with Gasteiger partial charge in [-0.15, -0.1) is 11.6 Å². The molecule has 0 spiro atoms. The van der Waals surface area contributed by atoms with Crippen molar-refractivity contribution in [2.45, 2.75) is 19.4 Å². The third kappa shape index (κ3) is 3.65. The summed E-state index contributed by atoms with van der Waals surface area (Å²) in [5.41, 5.74) is 0.701. The van der Waals surface area contributed by atoms with Crippen molar-refractivity contribution in [1.29, 1.82) is 0 Å². The molecule has 1 fully saturated rings. The predicted octanol–water partition coefficient (Wildman–Crippen LogP) is 3.42. The monoisotopic (exact) mass is 259 g/mol. The Balaban J connectivity index is 1.93. The molecule has 0 atom stereocenters. The molecule has 0 saturated carbocycles. The lowest BCUT2D eigenvalue weighted by atomic mass is 9.98. The van der Waals surface area contributed by atoms with Gasteiger partial charge >= 0.3 is 0 Å². The predicted molar refractivity (Wildman–Crippen MR) is 65.1 cm³/mol. The first-order valence-electron chi connectivity index (χ1n) is 5.90. The molecule has 0 aromatic heterocycles. The summed E-state index contributed by atoms with van der Waals surface area (Å²) >= 11 is 5.81. The molecular weight excluding hydrogens is 244 g/mol. The van der Waals surface area contributed by atoms with E-state index in [4.69, 9.17) is 11.6 Å². The van der Waals surface area contributed by atoms with Crippen LogP contribution in [0.2, 0.25) is 0 Å². The van der Waals surface area contributed by atoms with Crippen molar-refractivity contribution in [1.82, 2.24) is 4.90 Å². The lowest BCUT2D eigenvalue weighted by Gasteiger charge is -2.31. The van der Waals surface area contributed by atoms with E-state index in [-0.39, 0.29) is 0 Å². The van der Waals surface area contributed by atoms with E-state index >= 15 is 0 Å². The fraction of sp³-hybridized carbons (Fsp3) is 0.538. The first kappa shape index (κ1) is 12.8. The van der Waals surface area contributed by atoms with Crippen molar-refractivity contribution < 1.29 is 8.78 Å². The maximum Gasteiger partial charge on any atom is 0.126 e. The van der Waals surface area contributed by atoms with E-state index in [0.29, 0.717) is 23.9 Å². The van der Waals surface area contributed by atoms with Crippen LogP contribution in [0.15, 0.2) is 18.2 Å². The first-order valence-corrected chi connectivity index (χ1v) is 6.44. The summed E-state index contributed by atoms with van der Waals surface area (Å²) in [6.07, 6.45) is 2.14. The fourth-order valence-electron chi connectivity index (χ4n) is 2.26. The highest BCUT2D eigenvalue weighted by molar-refractivity contribution is 6.18. The highest BCUT2D eigenvalue weighted by Crippen LogP contribution is 2.20. The number of hydrogen-bond acceptors (Lipinski definition) is 1. The summed E-state index contributed by atoms with van der Waals surface area (Å²) in [6.45, 7) is 2.52. The summed E-state index contributed by atoms with van der Waals surface area (Å²) < 4.78 is 26.0. The van der Waals surface area contributed by atoms with Gasteiger partial charge in [0.1, 0.15) is 11.6 Å². The van der Waals surface area contributed by atoms with Crippen molar-refractivity contribution in [3.05, 3.63) is 35.4 Å². The molecule has 0 bridgehead atoms. The van der Waals surface area contributed by atoms with E-state index in [1.165, 1.54) is 12.1 Å². The summed E-state index contributed by atoms with van der Waals surface area (Å²) in [4.78, 5) is 2.22. The van der Waals surface area contributed by atoms with Crippen LogP contribution < -0.4 is 0 Å². The third-order valence-corrected chi connectivity index (χ3v) is 3.69. The average molecular weight is 260 g/mol. The molecule has 1 heterocycles. The molecule has 0 amide bonds. The Hall–Kier alpha value is -0.670. The van der Waals surface area contributed by atoms with E-state index in [0.717, 1.165) is 32.0 Å². The van der Waals surface area contributed by atoms with E-state index in [9.17, 15) is 8.78 Å². The second-order valence-electron chi connectivity index (χ2n) is 4.65. The van der Waals surface area contributed by atoms with Gasteiger partial charge in [0.15, 0.2) is 0 Å². The molecular formula is C13H16ClF2N. The van der Waals surface area contributed by atoms with E-state index in [1.54, 1.807) is 0 Å². The van der Waals surface area contributed by atoms with Crippen LogP contribution in [0.3, 0.4) is 0 Å². The fourth-order valence-corrected chi connectivity index (χ4v) is 2.57. The molecule has 1 aromatic carbocycles. The molecule has 1 aromatic rings. The van der Waals surface area contributed by atoms with E-state index in [2.05, 4.69) is 4.90 Å². The number of rotatable bonds is 3. The van der Waals surface area contributed by atoms with E-state index < -0.39 is 11.6 Å². The molecule has 1 nitrogen and oxygen atoms in total. The van der Waals surface area contributed by atoms with Crippen LogP contribution in [-0.4, -0.2) is 23.9 Å². The number of halogens is 3. The first-order chi connectivity index (χ1) is 8.17. The van der Waals surface area contributed by atoms with Crippen LogP contribution >= 0.6 is 11.6 Å². The second kappa shape index (κ2) is 5.78. The number of nitrogens with zero attached hydrogens (tertiary/aromatic N) is 1. The van der Waals surface area contributed by atoms with Gasteiger partial charge in [-0.05, 0) is 49.5 Å². The standard InChI is InChI=1S/C13H16ClF2N/c14-8-10-1-3-17(4-2-10)9-11-5-12(15)7-13(16)6-11/h5-7,10H,1-4,8-9H2. The van der Waals surface area contributed by atoms with Gasteiger partial charge in [0, 0.05) is 18.5 Å². The minimum absolute atomic E-state index is 0.504. The molecule has 0 aliphatic carbocycles. The van der Waals surface area contributed by atoms with Gasteiger partial charge in [-0.1, -0.05) is 0 Å². The lowest BCUT2D eigenvalue weighted by molar-refractivity contribution is 0.186. The lowest BCUT2D eigenvalue weighted by Crippen LogP contribution is -2.33. The van der Waals surface area contributed by atoms with Gasteiger partial charge in [-0.25, -0.2) is 8.78 Å². The Morgan fingerprint density at radius 3 is 2.24 bits per heavy atom. The second-order valence-corrected chi connectivity index (χ2v) is 4.96. The zero-order valence-electron chi connectivity index (χ0n) is 9.63. The van der Waals surface area contributed by atoms with Gasteiger partial charge in [0.05, 0.1) is 0 Å². The summed E-state index contributed by atoms with van der Waals surface area (Å²) in [7, 11) is 0. The highest BCUT2D eigenvalue weighted by Gasteiger charge is 2.18. The summed E-state index contributed by atoms with van der Waals surface area (Å²) in [5.74, 6) is 0.297. The van der Waals surface area contributed by atoms with Crippen molar-refractivity contribution >= 4 is 11.6 Å². The van der Waals surface area contributed by atoms with Gasteiger partial charge < -0.3 is 0 Å². The minimum Gasteiger partial charge on any atom is -0.299 e. The van der Waals surface area contributed by atoms with Crippen molar-refractivity contribution in [2.24, 2.45) is 5.92 Å². The van der Waals surface area contributed by atoms with Crippen LogP contribution in [-0.2, 0) is 6.54 Å². The number of benzene rings is 1. The Kier molecular flexibility index (Phi) is 4.35. The summed E-state index contributed by atoms with van der Waals surface area (Å²) in [6, 6.07) is 3.71. The zero-order valence-corrected chi connectivity index (χ0v) is 10.4. The van der Waals surface area contributed by atoms with Crippen LogP contribution in [0.5, 0.6) is 0 Å². The smallest absolute Gasteiger partial charge is 0.126 e. The molecule has 17 heavy (non-hydrogen) atoms. The van der Waals surface area contributed by atoms with Gasteiger partial charge in [0.2, 0.25) is 0 Å². The molecule has 0 unspecified atom stereocenters. The minimum atomic E-state index is -0.504. The summed E-state index contributed by atoms with van der Waals surface area (Å²) in [5, 5.41) is 0. The van der Waals surface area contributed by atoms with E-state index in [1.807, 2.05) is 0 Å². The largest absolute Gasteiger partial charge is 0.299 e. The van der Waals surface area contributed by atoms with Crippen molar-refractivity contribution in [3.8, 4) is 0 Å². The highest BCUT2D eigenvalue weighted by atomic mass is 35.5. The topological polar surface area (TPSA) is 3.24 Å². The number of alkyl halides is 1. The Labute approximate surface area is 105 Å². The quantitative estimate of drug-likeness (QED) is 0.752. The molecule has 0 N–H and O–H groups in total. The molecule has 2 rings (SSSR count). The SMILES string of the molecule is Fc1cc(F)cc(CN2CCC(CCl)CC2)c1. The Morgan fingerprint density at radius 1 is 1.12 bits per heavy atom. The molecule has 4 heteroatoms.